The van der Waals surface area contributed by atoms with Crippen LogP contribution in [0.4, 0.5) is 9.52 Å². The first-order valence-corrected chi connectivity index (χ1v) is 13.3. The number of hydrogen-bond donors (Lipinski definition) is 2. The molecule has 37 heavy (non-hydrogen) atoms. The first-order chi connectivity index (χ1) is 17.7. The number of aromatic nitrogens is 1. The van der Waals surface area contributed by atoms with Crippen LogP contribution in [0.1, 0.15) is 57.6 Å². The van der Waals surface area contributed by atoms with Crippen LogP contribution >= 0.6 is 11.3 Å². The molecule has 1 aliphatic heterocycles. The highest BCUT2D eigenvalue weighted by atomic mass is 32.1. The molecular weight excluding hydrogens is 503 g/mol. The summed E-state index contributed by atoms with van der Waals surface area (Å²) >= 11 is 1.19. The monoisotopic (exact) mass is 534 g/mol. The van der Waals surface area contributed by atoms with Gasteiger partial charge in [-0.2, -0.15) is 5.26 Å². The van der Waals surface area contributed by atoms with Gasteiger partial charge in [-0.3, -0.25) is 9.59 Å². The van der Waals surface area contributed by atoms with Gasteiger partial charge in [0.15, 0.2) is 5.13 Å². The number of esters is 1. The Labute approximate surface area is 218 Å². The van der Waals surface area contributed by atoms with Crippen LogP contribution in [0.5, 0.6) is 0 Å². The van der Waals surface area contributed by atoms with E-state index in [2.05, 4.69) is 20.8 Å². The lowest BCUT2D eigenvalue weighted by atomic mass is 9.57. The number of thiazole rings is 1. The summed E-state index contributed by atoms with van der Waals surface area (Å²) in [7, 11) is 1.32. The number of fused-ring (bicyclic) bond motifs is 3. The Morgan fingerprint density at radius 3 is 2.62 bits per heavy atom. The second-order valence-electron chi connectivity index (χ2n) is 9.77. The van der Waals surface area contributed by atoms with Crippen LogP contribution in [0.2, 0.25) is 0 Å². The molecule has 13 heteroatoms. The molecule has 0 radical (unpaired) electrons. The third kappa shape index (κ3) is 5.60. The van der Waals surface area contributed by atoms with Gasteiger partial charge in [-0.25, -0.2) is 14.2 Å². The highest BCUT2D eigenvalue weighted by Gasteiger charge is 2.52. The van der Waals surface area contributed by atoms with Gasteiger partial charge >= 0.3 is 5.97 Å². The van der Waals surface area contributed by atoms with Crippen molar-refractivity contribution < 1.29 is 28.3 Å². The zero-order valence-electron chi connectivity index (χ0n) is 20.9. The van der Waals surface area contributed by atoms with Crippen LogP contribution in [0.25, 0.3) is 0 Å². The number of nitrogens with zero attached hydrogens (tertiary/aromatic N) is 4. The molecule has 2 N–H and O–H groups in total. The van der Waals surface area contributed by atoms with Crippen molar-refractivity contribution in [3.8, 4) is 6.07 Å². The number of likely N-dealkylation sites (tertiary alicyclic amines) is 1. The fourth-order valence-corrected chi connectivity index (χ4v) is 6.18. The van der Waals surface area contributed by atoms with E-state index in [1.54, 1.807) is 12.3 Å². The highest BCUT2D eigenvalue weighted by molar-refractivity contribution is 7.14. The average molecular weight is 535 g/mol. The van der Waals surface area contributed by atoms with E-state index in [1.165, 1.54) is 23.3 Å². The van der Waals surface area contributed by atoms with Crippen molar-refractivity contribution in [2.24, 2.45) is 10.6 Å². The first kappa shape index (κ1) is 26.9. The molecular formula is C24H31FN6O5S. The fraction of sp³-hybridized carbons (Fsp3) is 0.667. The minimum absolute atomic E-state index is 0.0356. The zero-order chi connectivity index (χ0) is 26.6. The van der Waals surface area contributed by atoms with Crippen LogP contribution in [0.15, 0.2) is 10.5 Å². The van der Waals surface area contributed by atoms with E-state index in [-0.39, 0.29) is 54.9 Å². The number of rotatable bonds is 9. The number of ether oxygens (including phenoxy) is 1. The molecule has 3 aliphatic carbocycles. The molecule has 2 bridgehead atoms. The molecule has 0 spiro atoms. The van der Waals surface area contributed by atoms with E-state index in [1.807, 2.05) is 6.07 Å². The van der Waals surface area contributed by atoms with E-state index < -0.39 is 23.6 Å². The van der Waals surface area contributed by atoms with Crippen LogP contribution in [-0.2, 0) is 24.0 Å². The van der Waals surface area contributed by atoms with E-state index in [0.29, 0.717) is 24.4 Å². The number of nitrogens with one attached hydrogen (secondary N) is 2. The molecule has 5 rings (SSSR count). The molecule has 2 atom stereocenters. The van der Waals surface area contributed by atoms with Gasteiger partial charge < -0.3 is 25.1 Å². The second-order valence-corrected chi connectivity index (χ2v) is 10.6. The van der Waals surface area contributed by atoms with Crippen molar-refractivity contribution in [3.63, 3.8) is 0 Å². The van der Waals surface area contributed by atoms with Gasteiger partial charge in [-0.1, -0.05) is 5.16 Å². The number of carbonyl (C=O) groups is 3. The second kappa shape index (κ2) is 11.1. The largest absolute Gasteiger partial charge is 0.461 e. The highest BCUT2D eigenvalue weighted by Crippen LogP contribution is 2.52. The number of halogens is 1. The van der Waals surface area contributed by atoms with Crippen LogP contribution in [-0.4, -0.2) is 77.9 Å². The Morgan fingerprint density at radius 2 is 2.00 bits per heavy atom. The topological polar surface area (TPSA) is 146 Å². The average Bonchev–Trinajstić information content (AvgIpc) is 3.53. The Bertz CT molecular complexity index is 1090. The molecule has 2 amide bonds. The maximum Gasteiger partial charge on any atom is 0.362 e. The molecule has 4 fully saturated rings. The minimum atomic E-state index is -1.16. The van der Waals surface area contributed by atoms with E-state index in [4.69, 9.17) is 9.57 Å². The van der Waals surface area contributed by atoms with Crippen molar-refractivity contribution >= 4 is 40.0 Å². The Balaban J connectivity index is 1.33. The lowest BCUT2D eigenvalue weighted by Crippen LogP contribution is -2.59. The smallest absolute Gasteiger partial charge is 0.362 e. The minimum Gasteiger partial charge on any atom is -0.461 e. The fourth-order valence-electron chi connectivity index (χ4n) is 5.49. The Kier molecular flexibility index (Phi) is 8.08. The number of carbonyl (C=O) groups excluding carboxylic acids is 3. The van der Waals surface area contributed by atoms with Gasteiger partial charge in [0.2, 0.25) is 17.5 Å². The van der Waals surface area contributed by atoms with E-state index >= 15 is 0 Å². The van der Waals surface area contributed by atoms with Gasteiger partial charge in [0.1, 0.15) is 25.0 Å². The third-order valence-corrected chi connectivity index (χ3v) is 8.44. The summed E-state index contributed by atoms with van der Waals surface area (Å²) in [4.78, 5) is 48.5. The van der Waals surface area contributed by atoms with Crippen LogP contribution in [0, 0.1) is 16.7 Å². The first-order valence-electron chi connectivity index (χ1n) is 12.4. The summed E-state index contributed by atoms with van der Waals surface area (Å²) in [6.07, 6.45) is 3.09. The summed E-state index contributed by atoms with van der Waals surface area (Å²) in [6.45, 7) is 1.88. The van der Waals surface area contributed by atoms with Crippen LogP contribution < -0.4 is 10.6 Å². The Hall–Kier alpha value is -3.11. The molecule has 0 aromatic carbocycles. The molecule has 1 saturated heterocycles. The molecule has 1 aromatic rings. The van der Waals surface area contributed by atoms with Crippen LogP contribution in [0.3, 0.4) is 0 Å². The molecule has 4 aliphatic rings. The Morgan fingerprint density at radius 1 is 1.30 bits per heavy atom. The standard InChI is InChI=1S/C24H31FN6O5S/c1-3-36-20(33)19(30-35-2)17-14-37-22(28-17)29-21(34)23-4-7-24(8-5-23,9-6-23)27-12-18(32)31-13-15(25)10-16(31)11-26/h14-16,27H,3-10,12-13H2,1-2H3,(H,28,29,34)/t15-,16-,23?,24?/m0/s1. The van der Waals surface area contributed by atoms with Gasteiger partial charge in [0, 0.05) is 22.8 Å². The number of hydrogen-bond acceptors (Lipinski definition) is 10. The maximum atomic E-state index is 13.7. The van der Waals surface area contributed by atoms with Gasteiger partial charge in [0.25, 0.3) is 0 Å². The molecule has 2 heterocycles. The van der Waals surface area contributed by atoms with Crippen molar-refractivity contribution in [1.82, 2.24) is 15.2 Å². The lowest BCUT2D eigenvalue weighted by Gasteiger charge is -2.52. The van der Waals surface area contributed by atoms with Gasteiger partial charge in [-0.15, -0.1) is 11.3 Å². The van der Waals surface area contributed by atoms with Crippen molar-refractivity contribution in [2.75, 3.05) is 32.1 Å². The number of alkyl halides is 1. The van der Waals surface area contributed by atoms with Gasteiger partial charge in [0.05, 0.1) is 25.8 Å². The molecule has 1 aromatic heterocycles. The maximum absolute atomic E-state index is 13.7. The summed E-state index contributed by atoms with van der Waals surface area (Å²) in [5.41, 5.74) is -0.577. The summed E-state index contributed by atoms with van der Waals surface area (Å²) in [5, 5.41) is 21.2. The zero-order valence-corrected chi connectivity index (χ0v) is 21.7. The lowest BCUT2D eigenvalue weighted by molar-refractivity contribution is -0.135. The quantitative estimate of drug-likeness (QED) is 0.278. The SMILES string of the molecule is CCOC(=O)C(=NOC)c1csc(NC(=O)C23CCC(NCC(=O)N4C[C@@H](F)C[C@H]4C#N)(CC2)CC3)n1. The van der Waals surface area contributed by atoms with Crippen molar-refractivity contribution in [2.45, 2.75) is 69.6 Å². The van der Waals surface area contributed by atoms with E-state index in [9.17, 15) is 24.0 Å². The summed E-state index contributed by atoms with van der Waals surface area (Å²) in [5.74, 6) is -1.03. The number of nitriles is 1. The number of oxime groups is 1. The summed E-state index contributed by atoms with van der Waals surface area (Å²) in [6, 6.07) is 1.30. The van der Waals surface area contributed by atoms with Gasteiger partial charge in [-0.05, 0) is 45.4 Å². The predicted molar refractivity (Wildman–Crippen MR) is 132 cm³/mol. The molecule has 0 unspecified atom stereocenters. The normalized spacial score (nSPS) is 29.0. The molecule has 11 nitrogen and oxygen atoms in total. The molecule has 200 valence electrons. The third-order valence-electron chi connectivity index (χ3n) is 7.68. The summed E-state index contributed by atoms with van der Waals surface area (Å²) < 4.78 is 18.7. The number of anilines is 1. The number of amides is 2. The molecule has 3 saturated carbocycles. The van der Waals surface area contributed by atoms with Crippen molar-refractivity contribution in [3.05, 3.63) is 11.1 Å². The van der Waals surface area contributed by atoms with E-state index in [0.717, 1.165) is 19.3 Å². The predicted octanol–water partition coefficient (Wildman–Crippen LogP) is 2.14. The van der Waals surface area contributed by atoms with Crippen molar-refractivity contribution in [1.29, 1.82) is 5.26 Å².